The van der Waals surface area contributed by atoms with Crippen molar-refractivity contribution in [2.24, 2.45) is 0 Å². The Morgan fingerprint density at radius 1 is 1.29 bits per heavy atom. The molecule has 1 aromatic rings. The lowest BCUT2D eigenvalue weighted by atomic mass is 10.2. The topological polar surface area (TPSA) is 107 Å². The predicted molar refractivity (Wildman–Crippen MR) is 91.4 cm³/mol. The normalized spacial score (nSPS) is 10.2. The van der Waals surface area contributed by atoms with Crippen LogP contribution in [0.15, 0.2) is 24.4 Å². The Hall–Kier alpha value is -1.84. The van der Waals surface area contributed by atoms with E-state index in [4.69, 9.17) is 14.6 Å². The van der Waals surface area contributed by atoms with Crippen LogP contribution in [0.1, 0.15) is 20.8 Å². The van der Waals surface area contributed by atoms with Gasteiger partial charge in [-0.1, -0.05) is 18.7 Å². The number of alkyl carbamates (subject to hydrolysis) is 1. The first-order chi connectivity index (χ1) is 11.2. The van der Waals surface area contributed by atoms with E-state index in [0.717, 1.165) is 0 Å². The Morgan fingerprint density at radius 3 is 2.50 bits per heavy atom. The zero-order chi connectivity index (χ0) is 18.4. The molecule has 136 valence electrons. The smallest absolute Gasteiger partial charge is 0.407 e. The number of aliphatic hydroxyl groups excluding tert-OH is 1. The zero-order valence-corrected chi connectivity index (χ0v) is 14.9. The van der Waals surface area contributed by atoms with E-state index in [0.29, 0.717) is 13.2 Å². The molecule has 0 aliphatic rings. The Bertz CT molecular complexity index is 479. The maximum absolute atomic E-state index is 11.1. The highest BCUT2D eigenvalue weighted by Gasteiger charge is 2.15. The summed E-state index contributed by atoms with van der Waals surface area (Å²) in [4.78, 5) is 25.0. The predicted octanol–water partition coefficient (Wildman–Crippen LogP) is 2.03. The summed E-state index contributed by atoms with van der Waals surface area (Å²) in [6, 6.07) is 5.03. The Balaban J connectivity index is 0.000000463. The number of carbonyl (C=O) groups is 2. The maximum Gasteiger partial charge on any atom is 0.407 e. The van der Waals surface area contributed by atoms with Crippen molar-refractivity contribution >= 4 is 24.0 Å². The number of hydrogen-bond donors (Lipinski definition) is 3. The fourth-order valence-electron chi connectivity index (χ4n) is 1.20. The summed E-state index contributed by atoms with van der Waals surface area (Å²) in [7, 11) is 0. The van der Waals surface area contributed by atoms with Gasteiger partial charge in [-0.25, -0.2) is 14.6 Å². The Morgan fingerprint density at radius 2 is 2.00 bits per heavy atom. The molecule has 9 heteroatoms. The third kappa shape index (κ3) is 15.1. The molecule has 0 saturated heterocycles. The molecule has 0 unspecified atom stereocenters. The average molecular weight is 360 g/mol. The van der Waals surface area contributed by atoms with E-state index in [2.05, 4.69) is 27.7 Å². The van der Waals surface area contributed by atoms with Gasteiger partial charge in [0.25, 0.3) is 0 Å². The van der Waals surface area contributed by atoms with E-state index < -0.39 is 17.0 Å². The first-order valence-corrected chi connectivity index (χ1v) is 7.66. The van der Waals surface area contributed by atoms with Crippen molar-refractivity contribution in [3.63, 3.8) is 0 Å². The number of nitrogens with zero attached hydrogens (tertiary/aromatic N) is 1. The molecule has 1 amide bonds. The zero-order valence-electron chi connectivity index (χ0n) is 14.0. The third-order valence-corrected chi connectivity index (χ3v) is 2.07. The second kappa shape index (κ2) is 12.6. The molecular weight excluding hydrogens is 336 g/mol. The molecule has 0 fully saturated rings. The van der Waals surface area contributed by atoms with Crippen LogP contribution in [0.25, 0.3) is 0 Å². The number of ether oxygens (including phenoxy) is 3. The second-order valence-electron chi connectivity index (χ2n) is 5.30. The fraction of sp³-hybridized carbons (Fsp3) is 0.533. The van der Waals surface area contributed by atoms with E-state index in [-0.39, 0.29) is 19.1 Å². The molecule has 0 radical (unpaired) electrons. The molecule has 0 saturated carbocycles. The molecule has 0 atom stereocenters. The van der Waals surface area contributed by atoms with Crippen molar-refractivity contribution in [3.05, 3.63) is 24.4 Å². The van der Waals surface area contributed by atoms with Crippen molar-refractivity contribution in [2.45, 2.75) is 26.4 Å². The van der Waals surface area contributed by atoms with Gasteiger partial charge in [-0.05, 0) is 26.8 Å². The molecule has 0 aromatic carbocycles. The summed E-state index contributed by atoms with van der Waals surface area (Å²) in [6.45, 7) is 6.44. The lowest BCUT2D eigenvalue weighted by Crippen LogP contribution is -2.34. The van der Waals surface area contributed by atoms with E-state index >= 15 is 0 Å². The fourth-order valence-corrected chi connectivity index (χ4v) is 1.30. The minimum atomic E-state index is -0.654. The van der Waals surface area contributed by atoms with Crippen LogP contribution in [-0.2, 0) is 9.47 Å². The number of carbonyl (C=O) groups excluding carboxylic acids is 2. The molecule has 0 aliphatic heterocycles. The highest BCUT2D eigenvalue weighted by Crippen LogP contribution is 2.06. The number of thiol groups is 1. The van der Waals surface area contributed by atoms with Crippen LogP contribution < -0.4 is 10.1 Å². The van der Waals surface area contributed by atoms with Crippen molar-refractivity contribution in [1.29, 1.82) is 0 Å². The van der Waals surface area contributed by atoms with E-state index in [1.807, 2.05) is 0 Å². The van der Waals surface area contributed by atoms with Crippen LogP contribution in [-0.4, -0.2) is 53.5 Å². The van der Waals surface area contributed by atoms with Gasteiger partial charge in [-0.2, -0.15) is 0 Å². The number of amides is 1. The van der Waals surface area contributed by atoms with Gasteiger partial charge < -0.3 is 24.6 Å². The van der Waals surface area contributed by atoms with Gasteiger partial charge in [-0.15, -0.1) is 0 Å². The first kappa shape index (κ1) is 22.2. The van der Waals surface area contributed by atoms with Gasteiger partial charge in [-0.3, -0.25) is 0 Å². The van der Waals surface area contributed by atoms with Crippen LogP contribution >= 0.6 is 12.6 Å². The third-order valence-electron chi connectivity index (χ3n) is 1.98. The summed E-state index contributed by atoms with van der Waals surface area (Å²) < 4.78 is 14.5. The first-order valence-electron chi connectivity index (χ1n) is 7.22. The minimum absolute atomic E-state index is 0.00750. The molecule has 2 N–H and O–H groups in total. The average Bonchev–Trinajstić information content (AvgIpc) is 2.46. The number of rotatable bonds is 6. The summed E-state index contributed by atoms with van der Waals surface area (Å²) in [5, 5.41) is 10.3. The van der Waals surface area contributed by atoms with Crippen LogP contribution in [0.3, 0.4) is 0 Å². The van der Waals surface area contributed by atoms with Crippen LogP contribution in [0.2, 0.25) is 0 Å². The standard InChI is InChI=1S/C9H19NO4.C6H5NO2S/c1-9(2,3)14-8(12)10-4-6-13-7-5-11;8-6(10)9-5-3-1-2-4-7-5/h11H,4-7H2,1-3H3,(H,10,12);1-4H,(H,8,10). The number of aliphatic hydroxyl groups is 1. The molecule has 24 heavy (non-hydrogen) atoms. The second-order valence-corrected chi connectivity index (χ2v) is 5.67. The Kier molecular flexibility index (Phi) is 11.6. The van der Waals surface area contributed by atoms with Gasteiger partial charge in [0.15, 0.2) is 0 Å². The molecule has 1 aromatic heterocycles. The molecule has 0 spiro atoms. The van der Waals surface area contributed by atoms with Gasteiger partial charge in [0.1, 0.15) is 5.60 Å². The van der Waals surface area contributed by atoms with Crippen LogP contribution in [0.4, 0.5) is 9.59 Å². The monoisotopic (exact) mass is 360 g/mol. The summed E-state index contributed by atoms with van der Waals surface area (Å²) in [5.41, 5.74) is -0.476. The summed E-state index contributed by atoms with van der Waals surface area (Å²) in [5.74, 6) is 0.266. The Labute approximate surface area is 146 Å². The lowest BCUT2D eigenvalue weighted by molar-refractivity contribution is 0.0484. The number of pyridine rings is 1. The number of hydrogen-bond acceptors (Lipinski definition) is 7. The molecule has 0 aliphatic carbocycles. The van der Waals surface area contributed by atoms with E-state index in [9.17, 15) is 9.59 Å². The highest BCUT2D eigenvalue weighted by atomic mass is 32.1. The lowest BCUT2D eigenvalue weighted by Gasteiger charge is -2.19. The van der Waals surface area contributed by atoms with E-state index in [1.54, 1.807) is 39.0 Å². The molecule has 0 bridgehead atoms. The molecule has 1 rings (SSSR count). The molecule has 1 heterocycles. The SMILES string of the molecule is CC(C)(C)OC(=O)NCCOCCO.O=C(S)Oc1ccccn1. The van der Waals surface area contributed by atoms with Crippen LogP contribution in [0, 0.1) is 0 Å². The summed E-state index contributed by atoms with van der Waals surface area (Å²) in [6.07, 6.45) is 1.08. The summed E-state index contributed by atoms with van der Waals surface area (Å²) >= 11 is 3.41. The largest absolute Gasteiger partial charge is 0.444 e. The minimum Gasteiger partial charge on any atom is -0.444 e. The maximum atomic E-state index is 11.1. The van der Waals surface area contributed by atoms with Gasteiger partial charge in [0.05, 0.1) is 19.8 Å². The molecular formula is C15H24N2O6S. The number of nitrogens with one attached hydrogen (secondary N) is 1. The van der Waals surface area contributed by atoms with Gasteiger partial charge in [0.2, 0.25) is 5.88 Å². The molecule has 8 nitrogen and oxygen atoms in total. The van der Waals surface area contributed by atoms with Crippen molar-refractivity contribution in [2.75, 3.05) is 26.4 Å². The van der Waals surface area contributed by atoms with Gasteiger partial charge in [0, 0.05) is 18.8 Å². The van der Waals surface area contributed by atoms with Gasteiger partial charge >= 0.3 is 11.4 Å². The highest BCUT2D eigenvalue weighted by molar-refractivity contribution is 7.96. The van der Waals surface area contributed by atoms with Crippen molar-refractivity contribution < 1.29 is 28.9 Å². The van der Waals surface area contributed by atoms with Crippen molar-refractivity contribution in [3.8, 4) is 5.88 Å². The van der Waals surface area contributed by atoms with Crippen LogP contribution in [0.5, 0.6) is 5.88 Å². The number of aromatic nitrogens is 1. The van der Waals surface area contributed by atoms with Crippen molar-refractivity contribution in [1.82, 2.24) is 10.3 Å². The quantitative estimate of drug-likeness (QED) is 0.405. The van der Waals surface area contributed by atoms with E-state index in [1.165, 1.54) is 6.20 Å².